The Kier molecular flexibility index (Phi) is 3.83. The number of hydrogen-bond acceptors (Lipinski definition) is 5. The molecule has 0 atom stereocenters. The first kappa shape index (κ1) is 15.2. The Balaban J connectivity index is 1.91. The standard InChI is InChI=1S/C14H10ClF2N5O/c1-22-14(19-8-2-3-9(15)10(16)5-8)20-13(21-22)7-4-11(23)12(17)18-6-7/h2-6,23H,1H3,(H,19,20,21). The third-order valence-electron chi connectivity index (χ3n) is 3.02. The van der Waals surface area contributed by atoms with E-state index in [0.717, 1.165) is 0 Å². The monoisotopic (exact) mass is 337 g/mol. The molecule has 0 bridgehead atoms. The van der Waals surface area contributed by atoms with E-state index in [0.29, 0.717) is 17.2 Å². The van der Waals surface area contributed by atoms with Gasteiger partial charge in [-0.3, -0.25) is 0 Å². The molecule has 2 N–H and O–H groups in total. The van der Waals surface area contributed by atoms with Crippen LogP contribution < -0.4 is 5.32 Å². The summed E-state index contributed by atoms with van der Waals surface area (Å²) in [6.07, 6.45) is 1.20. The van der Waals surface area contributed by atoms with Gasteiger partial charge in [0.25, 0.3) is 5.95 Å². The third kappa shape index (κ3) is 3.07. The summed E-state index contributed by atoms with van der Waals surface area (Å²) >= 11 is 5.63. The Morgan fingerprint density at radius 1 is 1.26 bits per heavy atom. The van der Waals surface area contributed by atoms with Crippen molar-refractivity contribution in [2.45, 2.75) is 0 Å². The third-order valence-corrected chi connectivity index (χ3v) is 3.32. The highest BCUT2D eigenvalue weighted by Crippen LogP contribution is 2.25. The van der Waals surface area contributed by atoms with Crippen LogP contribution in [0.4, 0.5) is 20.4 Å². The van der Waals surface area contributed by atoms with Crippen LogP contribution in [0.15, 0.2) is 30.5 Å². The van der Waals surface area contributed by atoms with Gasteiger partial charge in [-0.15, -0.1) is 5.10 Å². The number of benzene rings is 1. The molecule has 9 heteroatoms. The topological polar surface area (TPSA) is 75.9 Å². The molecular formula is C14H10ClF2N5O. The molecule has 118 valence electrons. The molecule has 0 aliphatic carbocycles. The normalized spacial score (nSPS) is 10.8. The number of aromatic hydroxyl groups is 1. The number of pyridine rings is 1. The highest BCUT2D eigenvalue weighted by molar-refractivity contribution is 6.30. The fraction of sp³-hybridized carbons (Fsp3) is 0.0714. The lowest BCUT2D eigenvalue weighted by molar-refractivity contribution is 0.419. The molecule has 2 heterocycles. The molecule has 0 spiro atoms. The summed E-state index contributed by atoms with van der Waals surface area (Å²) in [5, 5.41) is 16.4. The maximum absolute atomic E-state index is 13.4. The van der Waals surface area contributed by atoms with Crippen LogP contribution in [0.5, 0.6) is 5.75 Å². The number of anilines is 2. The number of hydrogen-bond donors (Lipinski definition) is 2. The fourth-order valence-electron chi connectivity index (χ4n) is 1.88. The van der Waals surface area contributed by atoms with Gasteiger partial charge in [0.1, 0.15) is 5.82 Å². The lowest BCUT2D eigenvalue weighted by atomic mass is 10.2. The van der Waals surface area contributed by atoms with Gasteiger partial charge in [-0.1, -0.05) is 11.6 Å². The van der Waals surface area contributed by atoms with Crippen molar-refractivity contribution in [3.8, 4) is 17.1 Å². The van der Waals surface area contributed by atoms with Crippen LogP contribution >= 0.6 is 11.6 Å². The Morgan fingerprint density at radius 2 is 2.04 bits per heavy atom. The molecule has 0 radical (unpaired) electrons. The van der Waals surface area contributed by atoms with E-state index < -0.39 is 17.5 Å². The van der Waals surface area contributed by atoms with Crippen molar-refractivity contribution in [3.63, 3.8) is 0 Å². The SMILES string of the molecule is Cn1nc(-c2cnc(F)c(O)c2)nc1Nc1ccc(Cl)c(F)c1. The number of aromatic nitrogens is 4. The van der Waals surface area contributed by atoms with Gasteiger partial charge < -0.3 is 10.4 Å². The van der Waals surface area contributed by atoms with Crippen molar-refractivity contribution in [1.29, 1.82) is 0 Å². The minimum atomic E-state index is -0.973. The van der Waals surface area contributed by atoms with E-state index in [4.69, 9.17) is 11.6 Å². The van der Waals surface area contributed by atoms with Crippen molar-refractivity contribution in [3.05, 3.63) is 47.2 Å². The maximum Gasteiger partial charge on any atom is 0.255 e. The second-order valence-electron chi connectivity index (χ2n) is 4.67. The number of nitrogens with one attached hydrogen (secondary N) is 1. The van der Waals surface area contributed by atoms with Gasteiger partial charge in [0.15, 0.2) is 11.6 Å². The van der Waals surface area contributed by atoms with Crippen LogP contribution in [0.1, 0.15) is 0 Å². The number of aryl methyl sites for hydroxylation is 1. The van der Waals surface area contributed by atoms with Crippen molar-refractivity contribution in [1.82, 2.24) is 19.7 Å². The summed E-state index contributed by atoms with van der Waals surface area (Å²) in [6.45, 7) is 0. The zero-order valence-corrected chi connectivity index (χ0v) is 12.5. The average molecular weight is 338 g/mol. The molecule has 0 amide bonds. The zero-order chi connectivity index (χ0) is 16.6. The predicted octanol–water partition coefficient (Wildman–Crippen LogP) is 3.26. The molecule has 23 heavy (non-hydrogen) atoms. The summed E-state index contributed by atoms with van der Waals surface area (Å²) in [5.74, 6) is -1.58. The van der Waals surface area contributed by atoms with Gasteiger partial charge in [0.05, 0.1) is 5.02 Å². The van der Waals surface area contributed by atoms with E-state index in [1.807, 2.05) is 0 Å². The average Bonchev–Trinajstić information content (AvgIpc) is 2.87. The van der Waals surface area contributed by atoms with E-state index in [-0.39, 0.29) is 10.8 Å². The smallest absolute Gasteiger partial charge is 0.255 e. The summed E-state index contributed by atoms with van der Waals surface area (Å²) in [6, 6.07) is 5.40. The lowest BCUT2D eigenvalue weighted by Gasteiger charge is -2.05. The molecule has 1 aromatic carbocycles. The molecule has 0 aliphatic heterocycles. The molecule has 3 rings (SSSR count). The largest absolute Gasteiger partial charge is 0.504 e. The maximum atomic E-state index is 13.4. The van der Waals surface area contributed by atoms with E-state index in [1.54, 1.807) is 13.1 Å². The first-order valence-electron chi connectivity index (χ1n) is 6.42. The van der Waals surface area contributed by atoms with E-state index in [1.165, 1.54) is 29.1 Å². The van der Waals surface area contributed by atoms with Crippen molar-refractivity contribution in [2.24, 2.45) is 7.05 Å². The minimum absolute atomic E-state index is 0.0158. The second-order valence-corrected chi connectivity index (χ2v) is 5.08. The van der Waals surface area contributed by atoms with E-state index >= 15 is 0 Å². The van der Waals surface area contributed by atoms with Gasteiger partial charge in [-0.25, -0.2) is 14.1 Å². The molecule has 0 saturated heterocycles. The molecule has 0 fully saturated rings. The van der Waals surface area contributed by atoms with Gasteiger partial charge in [-0.2, -0.15) is 9.37 Å². The van der Waals surface area contributed by atoms with E-state index in [9.17, 15) is 13.9 Å². The first-order valence-corrected chi connectivity index (χ1v) is 6.80. The minimum Gasteiger partial charge on any atom is -0.504 e. The molecular weight excluding hydrogens is 328 g/mol. The van der Waals surface area contributed by atoms with Crippen LogP contribution in [0, 0.1) is 11.8 Å². The molecule has 0 aliphatic rings. The number of halogens is 3. The van der Waals surface area contributed by atoms with Gasteiger partial charge in [0.2, 0.25) is 5.95 Å². The Morgan fingerprint density at radius 3 is 2.74 bits per heavy atom. The van der Waals surface area contributed by atoms with E-state index in [2.05, 4.69) is 20.4 Å². The van der Waals surface area contributed by atoms with Crippen LogP contribution in [-0.2, 0) is 7.05 Å². The van der Waals surface area contributed by atoms with Gasteiger partial charge in [0, 0.05) is 24.5 Å². The highest BCUT2D eigenvalue weighted by Gasteiger charge is 2.13. The zero-order valence-electron chi connectivity index (χ0n) is 11.8. The van der Waals surface area contributed by atoms with Crippen molar-refractivity contribution in [2.75, 3.05) is 5.32 Å². The summed E-state index contributed by atoms with van der Waals surface area (Å²) in [5.41, 5.74) is 0.781. The van der Waals surface area contributed by atoms with Crippen LogP contribution in [0.2, 0.25) is 5.02 Å². The quantitative estimate of drug-likeness (QED) is 0.717. The molecule has 3 aromatic rings. The second kappa shape index (κ2) is 5.81. The van der Waals surface area contributed by atoms with Crippen molar-refractivity contribution >= 4 is 23.2 Å². The van der Waals surface area contributed by atoms with Crippen LogP contribution in [0.3, 0.4) is 0 Å². The van der Waals surface area contributed by atoms with Crippen LogP contribution in [0.25, 0.3) is 11.4 Å². The summed E-state index contributed by atoms with van der Waals surface area (Å²) < 4.78 is 27.9. The van der Waals surface area contributed by atoms with Crippen molar-refractivity contribution < 1.29 is 13.9 Å². The Hall–Kier alpha value is -2.74. The van der Waals surface area contributed by atoms with Gasteiger partial charge >= 0.3 is 0 Å². The van der Waals surface area contributed by atoms with Gasteiger partial charge in [-0.05, 0) is 24.3 Å². The molecule has 0 saturated carbocycles. The lowest BCUT2D eigenvalue weighted by Crippen LogP contribution is -2.00. The number of rotatable bonds is 3. The number of nitrogens with zero attached hydrogens (tertiary/aromatic N) is 4. The molecule has 2 aromatic heterocycles. The first-order chi connectivity index (χ1) is 10.9. The fourth-order valence-corrected chi connectivity index (χ4v) is 1.99. The summed E-state index contributed by atoms with van der Waals surface area (Å²) in [7, 11) is 1.63. The van der Waals surface area contributed by atoms with Crippen LogP contribution in [-0.4, -0.2) is 24.9 Å². The molecule has 6 nitrogen and oxygen atoms in total. The Bertz CT molecular complexity index is 884. The predicted molar refractivity (Wildman–Crippen MR) is 80.5 cm³/mol. The molecule has 0 unspecified atom stereocenters. The summed E-state index contributed by atoms with van der Waals surface area (Å²) in [4.78, 5) is 7.62. The Labute approximate surface area is 134 Å². The highest BCUT2D eigenvalue weighted by atomic mass is 35.5.